The first-order valence-corrected chi connectivity index (χ1v) is 20.3. The van der Waals surface area contributed by atoms with Crippen molar-refractivity contribution in [2.24, 2.45) is 73.9 Å². The van der Waals surface area contributed by atoms with Crippen LogP contribution in [-0.4, -0.2) is 46.2 Å². The summed E-state index contributed by atoms with van der Waals surface area (Å²) in [6.45, 7) is 27.2. The number of hydrogen-bond donors (Lipinski definition) is 4. The van der Waals surface area contributed by atoms with E-state index in [0.717, 1.165) is 44.9 Å². The third-order valence-corrected chi connectivity index (χ3v) is 17.7. The summed E-state index contributed by atoms with van der Waals surface area (Å²) in [5.41, 5.74) is 0.791. The van der Waals surface area contributed by atoms with E-state index in [9.17, 15) is 24.6 Å². The van der Waals surface area contributed by atoms with Crippen molar-refractivity contribution in [3.8, 4) is 0 Å². The van der Waals surface area contributed by atoms with Gasteiger partial charge in [-0.3, -0.25) is 9.59 Å². The van der Waals surface area contributed by atoms with Gasteiger partial charge in [0.1, 0.15) is 6.04 Å². The van der Waals surface area contributed by atoms with Crippen LogP contribution in [0.1, 0.15) is 146 Å². The molecule has 0 saturated heterocycles. The number of carbonyl (C=O) groups is 3. The molecule has 0 aromatic heterocycles. The molecule has 6 fully saturated rings. The molecule has 0 heterocycles. The molecule has 50 heavy (non-hydrogen) atoms. The minimum Gasteiger partial charge on any atom is -0.480 e. The van der Waals surface area contributed by atoms with Gasteiger partial charge in [0.2, 0.25) is 11.8 Å². The van der Waals surface area contributed by atoms with Gasteiger partial charge < -0.3 is 20.8 Å². The van der Waals surface area contributed by atoms with Crippen LogP contribution in [-0.2, 0) is 14.4 Å². The highest BCUT2D eigenvalue weighted by molar-refractivity contribution is 5.88. The van der Waals surface area contributed by atoms with E-state index in [1.807, 2.05) is 27.7 Å². The molecule has 6 rings (SSSR count). The average molecular weight is 695 g/mol. The summed E-state index contributed by atoms with van der Waals surface area (Å²) >= 11 is 0. The Morgan fingerprint density at radius 3 is 2.10 bits per heavy atom. The third-order valence-electron chi connectivity index (χ3n) is 17.7. The molecule has 13 atom stereocenters. The van der Waals surface area contributed by atoms with Crippen LogP contribution < -0.4 is 10.6 Å². The van der Waals surface area contributed by atoms with Crippen LogP contribution in [0.5, 0.6) is 0 Å². The Hall–Kier alpha value is -1.89. The lowest BCUT2D eigenvalue weighted by atomic mass is 9.32. The van der Waals surface area contributed by atoms with Crippen LogP contribution >= 0.6 is 0 Å². The second-order valence-corrected chi connectivity index (χ2v) is 20.9. The second kappa shape index (κ2) is 12.3. The van der Waals surface area contributed by atoms with Gasteiger partial charge in [0.15, 0.2) is 0 Å². The molecule has 2 amide bonds. The Morgan fingerprint density at radius 1 is 0.820 bits per heavy atom. The van der Waals surface area contributed by atoms with Gasteiger partial charge in [-0.2, -0.15) is 0 Å². The molecule has 13 unspecified atom stereocenters. The van der Waals surface area contributed by atoms with Gasteiger partial charge in [0.05, 0.1) is 11.5 Å². The number of aliphatic hydroxyl groups is 1. The molecule has 6 aliphatic carbocycles. The monoisotopic (exact) mass is 695 g/mol. The largest absolute Gasteiger partial charge is 0.480 e. The summed E-state index contributed by atoms with van der Waals surface area (Å²) in [7, 11) is 0. The molecule has 0 radical (unpaired) electrons. The van der Waals surface area contributed by atoms with Crippen molar-refractivity contribution in [1.29, 1.82) is 0 Å². The Bertz CT molecular complexity index is 1400. The van der Waals surface area contributed by atoms with E-state index in [1.165, 1.54) is 24.8 Å². The normalized spacial score (nSPS) is 46.2. The lowest BCUT2D eigenvalue weighted by Crippen LogP contribution is -2.68. The molecular weight excluding hydrogens is 624 g/mol. The fourth-order valence-electron chi connectivity index (χ4n) is 14.4. The van der Waals surface area contributed by atoms with E-state index in [-0.39, 0.29) is 63.4 Å². The van der Waals surface area contributed by atoms with Gasteiger partial charge in [-0.25, -0.2) is 4.79 Å². The molecule has 7 nitrogen and oxygen atoms in total. The fourth-order valence-corrected chi connectivity index (χ4v) is 14.4. The number of aliphatic hydroxyl groups excluding tert-OH is 1. The second-order valence-electron chi connectivity index (χ2n) is 20.9. The molecule has 0 spiro atoms. The minimum absolute atomic E-state index is 0.0660. The molecule has 282 valence electrons. The smallest absolute Gasteiger partial charge is 0.326 e. The maximum Gasteiger partial charge on any atom is 0.326 e. The van der Waals surface area contributed by atoms with Crippen molar-refractivity contribution in [1.82, 2.24) is 10.6 Å². The summed E-state index contributed by atoms with van der Waals surface area (Å²) in [4.78, 5) is 40.1. The molecule has 0 aromatic rings. The maximum absolute atomic E-state index is 14.9. The van der Waals surface area contributed by atoms with Crippen LogP contribution in [0.25, 0.3) is 0 Å². The number of hydrogen-bond acceptors (Lipinski definition) is 4. The summed E-state index contributed by atoms with van der Waals surface area (Å²) in [6, 6.07) is -1.02. The lowest BCUT2D eigenvalue weighted by Gasteiger charge is -2.72. The Balaban J connectivity index is 1.23. The van der Waals surface area contributed by atoms with Crippen LogP contribution in [0, 0.1) is 73.9 Å². The van der Waals surface area contributed by atoms with Gasteiger partial charge in [-0.1, -0.05) is 74.5 Å². The fraction of sp³-hybridized carbons (Fsp3) is 0.884. The predicted molar refractivity (Wildman–Crippen MR) is 198 cm³/mol. The molecule has 4 N–H and O–H groups in total. The van der Waals surface area contributed by atoms with Crippen LogP contribution in [0.4, 0.5) is 0 Å². The van der Waals surface area contributed by atoms with E-state index in [1.54, 1.807) is 0 Å². The summed E-state index contributed by atoms with van der Waals surface area (Å²) in [6.07, 6.45) is 11.3. The molecule has 0 bridgehead atoms. The Morgan fingerprint density at radius 2 is 1.50 bits per heavy atom. The topological polar surface area (TPSA) is 116 Å². The standard InChI is InChI=1S/C43H70N2O5/c1-24(2)22-29(36(48)49)44-35(47)28-23-32(38(28,5)6)45-37(50)43-19-14-26(25(3)4)34(43)27-12-13-31-40(9)17-16-33(46)39(7,8)30(40)15-18-42(31,11)41(27,10)20-21-43/h24,26-34,46H,3,12-23H2,1-2,4-11H3,(H,44,47)(H,45,50)(H,48,49). The zero-order valence-corrected chi connectivity index (χ0v) is 33.1. The van der Waals surface area contributed by atoms with Crippen LogP contribution in [0.3, 0.4) is 0 Å². The Kier molecular flexibility index (Phi) is 9.34. The number of amides is 2. The number of carboxylic acid groups (broad SMARTS) is 1. The first-order valence-electron chi connectivity index (χ1n) is 20.3. The lowest BCUT2D eigenvalue weighted by molar-refractivity contribution is -0.246. The number of nitrogens with one attached hydrogen (secondary N) is 2. The van der Waals surface area contributed by atoms with Gasteiger partial charge in [0.25, 0.3) is 0 Å². The molecule has 7 heteroatoms. The number of fused-ring (bicyclic) bond motifs is 7. The molecule has 6 aliphatic rings. The van der Waals surface area contributed by atoms with Crippen molar-refractivity contribution in [3.05, 3.63) is 12.2 Å². The highest BCUT2D eigenvalue weighted by Crippen LogP contribution is 2.77. The van der Waals surface area contributed by atoms with Gasteiger partial charge in [0, 0.05) is 12.0 Å². The molecule has 0 aliphatic heterocycles. The van der Waals surface area contributed by atoms with Crippen molar-refractivity contribution >= 4 is 17.8 Å². The van der Waals surface area contributed by atoms with Gasteiger partial charge >= 0.3 is 5.97 Å². The summed E-state index contributed by atoms with van der Waals surface area (Å²) < 4.78 is 0. The van der Waals surface area contributed by atoms with E-state index in [0.29, 0.717) is 36.5 Å². The van der Waals surface area contributed by atoms with Crippen LogP contribution in [0.2, 0.25) is 0 Å². The first-order chi connectivity index (χ1) is 23.1. The van der Waals surface area contributed by atoms with Gasteiger partial charge in [-0.05, 0) is 147 Å². The highest BCUT2D eigenvalue weighted by Gasteiger charge is 2.72. The first kappa shape index (κ1) is 37.9. The zero-order valence-electron chi connectivity index (χ0n) is 33.1. The number of rotatable bonds is 8. The zero-order chi connectivity index (χ0) is 37.0. The van der Waals surface area contributed by atoms with Crippen molar-refractivity contribution in [2.75, 3.05) is 0 Å². The average Bonchev–Trinajstić information content (AvgIpc) is 3.42. The number of aliphatic carboxylic acids is 1. The number of carbonyl (C=O) groups excluding carboxylic acids is 2. The third kappa shape index (κ3) is 5.30. The molecule has 0 aromatic carbocycles. The van der Waals surface area contributed by atoms with Crippen molar-refractivity contribution in [2.45, 2.75) is 164 Å². The SMILES string of the molecule is C=C(C)C1CCC2(C(=O)NC3CC(C(=O)NC(CC(C)C)C(=O)O)C3(C)C)CCC3(C)C(CCC4C5(C)CCC(O)C(C)(C)C5CCC43C)C12. The quantitative estimate of drug-likeness (QED) is 0.192. The van der Waals surface area contributed by atoms with Crippen molar-refractivity contribution < 1.29 is 24.6 Å². The van der Waals surface area contributed by atoms with Crippen LogP contribution in [0.15, 0.2) is 12.2 Å². The van der Waals surface area contributed by atoms with E-state index in [2.05, 4.69) is 58.8 Å². The van der Waals surface area contributed by atoms with Gasteiger partial charge in [-0.15, -0.1) is 0 Å². The summed E-state index contributed by atoms with van der Waals surface area (Å²) in [5, 5.41) is 27.2. The predicted octanol–water partition coefficient (Wildman–Crippen LogP) is 8.15. The minimum atomic E-state index is -0.997. The van der Waals surface area contributed by atoms with E-state index >= 15 is 0 Å². The number of allylic oxidation sites excluding steroid dienone is 1. The maximum atomic E-state index is 14.9. The number of carboxylic acids is 1. The molecule has 6 saturated carbocycles. The highest BCUT2D eigenvalue weighted by atomic mass is 16.4. The summed E-state index contributed by atoms with van der Waals surface area (Å²) in [5.74, 6) is 0.985. The van der Waals surface area contributed by atoms with E-state index in [4.69, 9.17) is 0 Å². The van der Waals surface area contributed by atoms with Crippen molar-refractivity contribution in [3.63, 3.8) is 0 Å². The van der Waals surface area contributed by atoms with E-state index < -0.39 is 22.8 Å². The Labute approximate surface area is 303 Å². The molecular formula is C43H70N2O5.